The lowest BCUT2D eigenvalue weighted by atomic mass is 9.84. The van der Waals surface area contributed by atoms with Gasteiger partial charge in [-0.1, -0.05) is 64.5 Å². The van der Waals surface area contributed by atoms with Gasteiger partial charge in [-0.15, -0.1) is 0 Å². The molecule has 12 atom stereocenters. The highest BCUT2D eigenvalue weighted by molar-refractivity contribution is 6.00. The molecule has 0 radical (unpaired) electrons. The van der Waals surface area contributed by atoms with Gasteiger partial charge in [-0.2, -0.15) is 0 Å². The monoisotopic (exact) mass is 1390 g/mol. The number of likely N-dealkylation sites (tertiary alicyclic amines) is 2. The number of nitrogens with one attached hydrogen (secondary N) is 9. The van der Waals surface area contributed by atoms with E-state index in [1.54, 1.807) is 13.8 Å². The Morgan fingerprint density at radius 1 is 0.449 bits per heavy atom. The molecule has 542 valence electrons. The Labute approximate surface area is 563 Å². The van der Waals surface area contributed by atoms with E-state index < -0.39 is 231 Å². The number of carbonyl (C=O) groups excluding carboxylic acids is 11. The first-order chi connectivity index (χ1) is 46.2. The normalized spacial score (nSPS) is 18.3. The van der Waals surface area contributed by atoms with E-state index >= 15 is 0 Å². The minimum Gasteiger partial charge on any atom is -0.508 e. The van der Waals surface area contributed by atoms with Gasteiger partial charge in [0.1, 0.15) is 72.2 Å². The Bertz CT molecular complexity index is 3070. The summed E-state index contributed by atoms with van der Waals surface area (Å²) in [5.74, 6) is -20.2. The van der Waals surface area contributed by atoms with Crippen LogP contribution in [0.3, 0.4) is 0 Å². The van der Waals surface area contributed by atoms with Gasteiger partial charge in [0, 0.05) is 52.1 Å². The largest absolute Gasteiger partial charge is 0.508 e. The molecule has 0 bridgehead atoms. The Morgan fingerprint density at radius 3 is 1.39 bits per heavy atom. The van der Waals surface area contributed by atoms with Crippen LogP contribution in [0.25, 0.3) is 0 Å². The van der Waals surface area contributed by atoms with Crippen molar-refractivity contribution >= 4 is 101 Å². The fourth-order valence-electron chi connectivity index (χ4n) is 11.8. The SMILES string of the molecule is CC[C@@H](C)[C@H](NC(=O)[C@@H]1CCCN1C(=O)[C@H](CCC(=O)O)NC(=O)[C@H](Cc1ccc(O)cc1)NC(=O)[C@H](CC(=O)O)NC(C)=O)C(=O)N1CCC[C@H]1C(=O)N[C@@H](CCC(=O)O)C(=O)N[C@@H](CCC(=O)O)C(=O)N[C@@H](C)C(=O)N[C@@H](CC1CCCCC1)C(=O)N[C@H](CCC(=O)O)C(=O)O. The Hall–Kier alpha value is -9.99. The number of rotatable bonds is 40. The van der Waals surface area contributed by atoms with Gasteiger partial charge in [-0.3, -0.25) is 76.7 Å². The fourth-order valence-corrected chi connectivity index (χ4v) is 11.8. The third-order valence-electron chi connectivity index (χ3n) is 17.3. The zero-order valence-electron chi connectivity index (χ0n) is 55.0. The number of benzene rings is 1. The lowest BCUT2D eigenvalue weighted by Gasteiger charge is -2.34. The number of hydrogen-bond acceptors (Lipinski definition) is 18. The maximum atomic E-state index is 14.8. The summed E-state index contributed by atoms with van der Waals surface area (Å²) in [5, 5.41) is 88.9. The van der Waals surface area contributed by atoms with Crippen LogP contribution in [-0.4, -0.2) is 226 Å². The molecule has 4 rings (SSSR count). The number of carboxylic acids is 6. The van der Waals surface area contributed by atoms with Gasteiger partial charge in [-0.25, -0.2) is 4.79 Å². The van der Waals surface area contributed by atoms with Crippen LogP contribution in [-0.2, 0) is 87.9 Å². The van der Waals surface area contributed by atoms with E-state index in [1.807, 2.05) is 0 Å². The average molecular weight is 1390 g/mol. The van der Waals surface area contributed by atoms with Crippen LogP contribution in [0.2, 0.25) is 0 Å². The molecule has 1 aromatic rings. The van der Waals surface area contributed by atoms with Crippen molar-refractivity contribution in [2.24, 2.45) is 11.8 Å². The number of hydrogen-bond donors (Lipinski definition) is 16. The van der Waals surface area contributed by atoms with Crippen molar-refractivity contribution in [2.45, 2.75) is 229 Å². The van der Waals surface area contributed by atoms with E-state index in [-0.39, 0.29) is 69.7 Å². The van der Waals surface area contributed by atoms with Crippen molar-refractivity contribution in [3.63, 3.8) is 0 Å². The molecule has 3 aliphatic rings. The summed E-state index contributed by atoms with van der Waals surface area (Å²) < 4.78 is 0. The lowest BCUT2D eigenvalue weighted by Crippen LogP contribution is -2.61. The maximum absolute atomic E-state index is 14.8. The van der Waals surface area contributed by atoms with Crippen molar-refractivity contribution in [3.8, 4) is 5.75 Å². The van der Waals surface area contributed by atoms with Crippen molar-refractivity contribution in [1.29, 1.82) is 0 Å². The van der Waals surface area contributed by atoms with Gasteiger partial charge in [0.2, 0.25) is 65.0 Å². The zero-order chi connectivity index (χ0) is 73.1. The Morgan fingerprint density at radius 2 is 0.878 bits per heavy atom. The second-order valence-corrected chi connectivity index (χ2v) is 24.9. The van der Waals surface area contributed by atoms with Gasteiger partial charge in [0.05, 0.1) is 6.42 Å². The first-order valence-corrected chi connectivity index (χ1v) is 32.6. The van der Waals surface area contributed by atoms with Crippen molar-refractivity contribution in [3.05, 3.63) is 29.8 Å². The average Bonchev–Trinajstić information content (AvgIpc) is 1.60. The fraction of sp³-hybridized carbons (Fsp3) is 0.635. The number of carboxylic acid groups (broad SMARTS) is 6. The highest BCUT2D eigenvalue weighted by atomic mass is 16.4. The van der Waals surface area contributed by atoms with E-state index in [1.165, 1.54) is 31.2 Å². The predicted octanol–water partition coefficient (Wildman–Crippen LogP) is -1.65. The zero-order valence-corrected chi connectivity index (χ0v) is 55.0. The summed E-state index contributed by atoms with van der Waals surface area (Å²) in [6.45, 7) is 5.36. The van der Waals surface area contributed by atoms with E-state index in [2.05, 4.69) is 47.9 Å². The molecule has 11 amide bonds. The Kier molecular flexibility index (Phi) is 32.2. The highest BCUT2D eigenvalue weighted by Gasteiger charge is 2.44. The van der Waals surface area contributed by atoms with Gasteiger partial charge in [-0.05, 0) is 94.2 Å². The third-order valence-corrected chi connectivity index (χ3v) is 17.3. The summed E-state index contributed by atoms with van der Waals surface area (Å²) >= 11 is 0. The summed E-state index contributed by atoms with van der Waals surface area (Å²) in [5.41, 5.74) is 0.344. The molecule has 2 saturated heterocycles. The number of carbonyl (C=O) groups is 17. The molecule has 2 heterocycles. The molecule has 16 N–H and O–H groups in total. The predicted molar refractivity (Wildman–Crippen MR) is 338 cm³/mol. The van der Waals surface area contributed by atoms with E-state index in [0.717, 1.165) is 36.0 Å². The molecule has 2 aliphatic heterocycles. The van der Waals surface area contributed by atoms with Gasteiger partial charge >= 0.3 is 35.8 Å². The molecule has 0 spiro atoms. The number of nitrogens with zero attached hydrogens (tertiary/aromatic N) is 2. The van der Waals surface area contributed by atoms with Crippen LogP contribution in [0.1, 0.15) is 162 Å². The third kappa shape index (κ3) is 26.2. The number of aliphatic carboxylic acids is 6. The highest BCUT2D eigenvalue weighted by Crippen LogP contribution is 2.29. The molecular weight excluding hydrogens is 1290 g/mol. The molecule has 98 heavy (non-hydrogen) atoms. The van der Waals surface area contributed by atoms with Crippen LogP contribution in [0, 0.1) is 11.8 Å². The smallest absolute Gasteiger partial charge is 0.326 e. The van der Waals surface area contributed by atoms with Gasteiger partial charge in [0.25, 0.3) is 0 Å². The molecule has 35 heteroatoms. The summed E-state index contributed by atoms with van der Waals surface area (Å²) in [6.07, 6.45) is -1.65. The second-order valence-electron chi connectivity index (χ2n) is 24.9. The molecule has 0 unspecified atom stereocenters. The quantitative estimate of drug-likeness (QED) is 0.0350. The van der Waals surface area contributed by atoms with Crippen molar-refractivity contribution in [2.75, 3.05) is 13.1 Å². The van der Waals surface area contributed by atoms with Crippen LogP contribution in [0.5, 0.6) is 5.75 Å². The first-order valence-electron chi connectivity index (χ1n) is 32.6. The standard InChI is InChI=1S/C63H91N11O24/c1-5-32(2)52(72-60(94)46-14-9-27-73(46)61(95)40(21-25-49(81)82)68-56(90)43(30-36-15-17-37(76)18-16-36)71-58(92)44(31-51(85)86)65-34(4)75)62(96)74-28-10-13-45(74)59(93)67-39(20-24-48(79)80)55(89)66-38(19-23-47(77)78)54(88)64-33(3)53(87)70-42(29-35-11-7-6-8-12-35)57(91)69-41(63(97)98)22-26-50(83)84/h15-18,32-33,35,38-46,52,76H,5-14,19-31H2,1-4H3,(H,64,88)(H,65,75)(H,66,89)(H,67,93)(H,68,90)(H,69,91)(H,70,87)(H,71,92)(H,72,94)(H,77,78)(H,79,80)(H,81,82)(H,83,84)(H,85,86)(H,97,98)/t32-,33+,38+,39+,40+,41-,42+,43+,44+,45+,46+,52+/m1/s1. The van der Waals surface area contributed by atoms with E-state index in [9.17, 15) is 112 Å². The Balaban J connectivity index is 1.54. The maximum Gasteiger partial charge on any atom is 0.326 e. The molecule has 1 saturated carbocycles. The van der Waals surface area contributed by atoms with Crippen molar-refractivity contribution < 1.29 is 117 Å². The molecule has 35 nitrogen and oxygen atoms in total. The van der Waals surface area contributed by atoms with Crippen LogP contribution < -0.4 is 47.9 Å². The molecule has 1 aliphatic carbocycles. The summed E-state index contributed by atoms with van der Waals surface area (Å²) in [7, 11) is 0. The van der Waals surface area contributed by atoms with Gasteiger partial charge < -0.3 is 93.4 Å². The van der Waals surface area contributed by atoms with Gasteiger partial charge in [0.15, 0.2) is 0 Å². The molecular formula is C63H91N11O24. The summed E-state index contributed by atoms with van der Waals surface area (Å²) in [4.78, 5) is 226. The summed E-state index contributed by atoms with van der Waals surface area (Å²) in [6, 6.07) is -11.8. The topological polar surface area (TPSA) is 547 Å². The lowest BCUT2D eigenvalue weighted by molar-refractivity contribution is -0.146. The number of phenols is 1. The van der Waals surface area contributed by atoms with Crippen molar-refractivity contribution in [1.82, 2.24) is 57.7 Å². The number of phenolic OH excluding ortho intramolecular Hbond substituents is 1. The minimum atomic E-state index is -1.77. The van der Waals surface area contributed by atoms with E-state index in [4.69, 9.17) is 5.11 Å². The minimum absolute atomic E-state index is 0.00658. The van der Waals surface area contributed by atoms with Crippen LogP contribution >= 0.6 is 0 Å². The second kappa shape index (κ2) is 39.3. The molecule has 1 aromatic carbocycles. The first kappa shape index (κ1) is 80.4. The molecule has 3 fully saturated rings. The van der Waals surface area contributed by atoms with Crippen LogP contribution in [0.15, 0.2) is 24.3 Å². The molecule has 0 aromatic heterocycles. The number of aromatic hydroxyl groups is 1. The number of amides is 11. The van der Waals surface area contributed by atoms with E-state index in [0.29, 0.717) is 18.4 Å². The van der Waals surface area contributed by atoms with Crippen LogP contribution in [0.4, 0.5) is 0 Å².